The summed E-state index contributed by atoms with van der Waals surface area (Å²) in [6.45, 7) is 6.50. The molecule has 138 valence electrons. The highest BCUT2D eigenvalue weighted by molar-refractivity contribution is 5.77. The first-order chi connectivity index (χ1) is 12.6. The van der Waals surface area contributed by atoms with Crippen molar-refractivity contribution < 1.29 is 4.74 Å². The van der Waals surface area contributed by atoms with Gasteiger partial charge in [-0.25, -0.2) is 0 Å². The van der Waals surface area contributed by atoms with Crippen molar-refractivity contribution in [1.29, 1.82) is 0 Å². The highest BCUT2D eigenvalue weighted by Gasteiger charge is 2.34. The van der Waals surface area contributed by atoms with E-state index >= 15 is 0 Å². The summed E-state index contributed by atoms with van der Waals surface area (Å²) in [5, 5.41) is 0. The predicted molar refractivity (Wildman–Crippen MR) is 106 cm³/mol. The molecule has 2 atom stereocenters. The third-order valence-corrected chi connectivity index (χ3v) is 5.58. The Bertz CT molecular complexity index is 745. The first-order valence-electron chi connectivity index (χ1n) is 9.37. The van der Waals surface area contributed by atoms with Gasteiger partial charge in [0.1, 0.15) is 0 Å². The van der Waals surface area contributed by atoms with Gasteiger partial charge in [-0.2, -0.15) is 0 Å². The zero-order valence-electron chi connectivity index (χ0n) is 15.6. The van der Waals surface area contributed by atoms with E-state index in [9.17, 15) is 0 Å². The lowest BCUT2D eigenvalue weighted by Crippen LogP contribution is -2.52. The van der Waals surface area contributed by atoms with Gasteiger partial charge in [-0.1, -0.05) is 36.4 Å². The molecule has 5 heteroatoms. The molecule has 0 saturated carbocycles. The third-order valence-electron chi connectivity index (χ3n) is 5.58. The van der Waals surface area contributed by atoms with Gasteiger partial charge in [0.2, 0.25) is 0 Å². The second-order valence-corrected chi connectivity index (χ2v) is 7.24. The summed E-state index contributed by atoms with van der Waals surface area (Å²) in [6.07, 6.45) is -0.140. The lowest BCUT2D eigenvalue weighted by molar-refractivity contribution is 0.0172. The number of nitrogens with zero attached hydrogens (tertiary/aromatic N) is 3. The van der Waals surface area contributed by atoms with Crippen molar-refractivity contribution in [2.24, 2.45) is 5.73 Å². The normalized spacial score (nSPS) is 21.7. The van der Waals surface area contributed by atoms with Gasteiger partial charge in [0, 0.05) is 26.7 Å². The molecule has 0 amide bonds. The van der Waals surface area contributed by atoms with Crippen LogP contribution in [0, 0.1) is 6.92 Å². The van der Waals surface area contributed by atoms with Crippen LogP contribution in [-0.2, 0) is 4.74 Å². The van der Waals surface area contributed by atoms with E-state index in [2.05, 4.69) is 77.2 Å². The van der Waals surface area contributed by atoms with E-state index in [4.69, 9.17) is 10.5 Å². The average molecular weight is 352 g/mol. The zero-order valence-corrected chi connectivity index (χ0v) is 15.6. The highest BCUT2D eigenvalue weighted by Crippen LogP contribution is 2.39. The number of rotatable bonds is 4. The first-order valence-corrected chi connectivity index (χ1v) is 9.37. The van der Waals surface area contributed by atoms with Crippen LogP contribution in [0.1, 0.15) is 17.2 Å². The maximum absolute atomic E-state index is 6.59. The van der Waals surface area contributed by atoms with Crippen molar-refractivity contribution in [2.45, 2.75) is 19.3 Å². The molecule has 0 radical (unpaired) electrons. The number of ether oxygens (including phenoxy) is 1. The standard InChI is InChI=1S/C21H28N4O/c1-16-8-9-18-19(14-16)23(2)21(22)25(18)15-20(17-6-4-3-5-7-17)24-10-12-26-13-11-24/h3-9,14,20-21H,10-13,15,22H2,1-2H3. The van der Waals surface area contributed by atoms with Crippen molar-refractivity contribution in [2.75, 3.05) is 49.7 Å². The first kappa shape index (κ1) is 17.3. The molecule has 2 heterocycles. The van der Waals surface area contributed by atoms with Gasteiger partial charge in [0.15, 0.2) is 6.29 Å². The second-order valence-electron chi connectivity index (χ2n) is 7.24. The lowest BCUT2D eigenvalue weighted by Gasteiger charge is -2.38. The second kappa shape index (κ2) is 7.27. The topological polar surface area (TPSA) is 45.0 Å². The van der Waals surface area contributed by atoms with E-state index in [1.165, 1.54) is 22.5 Å². The Balaban J connectivity index is 1.65. The fourth-order valence-corrected chi connectivity index (χ4v) is 4.04. The molecule has 2 unspecified atom stereocenters. The zero-order chi connectivity index (χ0) is 18.1. The van der Waals surface area contributed by atoms with Crippen molar-refractivity contribution in [3.8, 4) is 0 Å². The summed E-state index contributed by atoms with van der Waals surface area (Å²) >= 11 is 0. The molecule has 1 fully saturated rings. The van der Waals surface area contributed by atoms with Crippen LogP contribution in [0.2, 0.25) is 0 Å². The van der Waals surface area contributed by atoms with Crippen molar-refractivity contribution in [3.05, 3.63) is 59.7 Å². The van der Waals surface area contributed by atoms with Crippen LogP contribution in [0.25, 0.3) is 0 Å². The van der Waals surface area contributed by atoms with E-state index in [1.54, 1.807) is 0 Å². The van der Waals surface area contributed by atoms with Crippen molar-refractivity contribution >= 4 is 11.4 Å². The largest absolute Gasteiger partial charge is 0.379 e. The van der Waals surface area contributed by atoms with Crippen LogP contribution in [0.5, 0.6) is 0 Å². The molecule has 2 aromatic rings. The Morgan fingerprint density at radius 3 is 2.54 bits per heavy atom. The molecule has 0 aromatic heterocycles. The summed E-state index contributed by atoms with van der Waals surface area (Å²) in [5.41, 5.74) is 11.6. The molecule has 1 saturated heterocycles. The molecule has 4 rings (SSSR count). The van der Waals surface area contributed by atoms with Gasteiger partial charge in [-0.3, -0.25) is 10.6 Å². The van der Waals surface area contributed by atoms with Gasteiger partial charge in [-0.15, -0.1) is 0 Å². The minimum atomic E-state index is -0.140. The number of benzene rings is 2. The van der Waals surface area contributed by atoms with Crippen LogP contribution in [-0.4, -0.2) is 51.1 Å². The third kappa shape index (κ3) is 3.18. The quantitative estimate of drug-likeness (QED) is 0.916. The Morgan fingerprint density at radius 1 is 1.08 bits per heavy atom. The summed E-state index contributed by atoms with van der Waals surface area (Å²) < 4.78 is 5.58. The molecule has 0 spiro atoms. The Labute approximate surface area is 155 Å². The maximum atomic E-state index is 6.59. The van der Waals surface area contributed by atoms with Crippen LogP contribution >= 0.6 is 0 Å². The number of hydrogen-bond acceptors (Lipinski definition) is 5. The molecule has 2 aliphatic heterocycles. The molecule has 5 nitrogen and oxygen atoms in total. The van der Waals surface area contributed by atoms with E-state index in [0.717, 1.165) is 32.8 Å². The van der Waals surface area contributed by atoms with E-state index in [1.807, 2.05) is 0 Å². The fraction of sp³-hybridized carbons (Fsp3) is 0.429. The highest BCUT2D eigenvalue weighted by atomic mass is 16.5. The lowest BCUT2D eigenvalue weighted by atomic mass is 10.0. The molecular formula is C21H28N4O. The summed E-state index contributed by atoms with van der Waals surface area (Å²) in [6, 6.07) is 17.7. The van der Waals surface area contributed by atoms with Crippen LogP contribution in [0.4, 0.5) is 11.4 Å². The molecule has 2 N–H and O–H groups in total. The fourth-order valence-electron chi connectivity index (χ4n) is 4.04. The Kier molecular flexibility index (Phi) is 4.85. The van der Waals surface area contributed by atoms with E-state index in [0.29, 0.717) is 6.04 Å². The Morgan fingerprint density at radius 2 is 1.81 bits per heavy atom. The molecule has 2 aliphatic rings. The molecular weight excluding hydrogens is 324 g/mol. The maximum Gasteiger partial charge on any atom is 0.155 e. The SMILES string of the molecule is Cc1ccc2c(c1)N(C)C(N)N2CC(c1ccccc1)N1CCOCC1. The van der Waals surface area contributed by atoms with Gasteiger partial charge >= 0.3 is 0 Å². The summed E-state index contributed by atoms with van der Waals surface area (Å²) in [7, 11) is 2.08. The summed E-state index contributed by atoms with van der Waals surface area (Å²) in [5.74, 6) is 0. The number of morpholine rings is 1. The Hall–Kier alpha value is -2.08. The van der Waals surface area contributed by atoms with E-state index in [-0.39, 0.29) is 6.29 Å². The van der Waals surface area contributed by atoms with Crippen molar-refractivity contribution in [1.82, 2.24) is 4.90 Å². The molecule has 0 bridgehead atoms. The summed E-state index contributed by atoms with van der Waals surface area (Å²) in [4.78, 5) is 7.03. The van der Waals surface area contributed by atoms with Crippen molar-refractivity contribution in [3.63, 3.8) is 0 Å². The predicted octanol–water partition coefficient (Wildman–Crippen LogP) is 2.57. The monoisotopic (exact) mass is 352 g/mol. The van der Waals surface area contributed by atoms with Crippen LogP contribution in [0.15, 0.2) is 48.5 Å². The van der Waals surface area contributed by atoms with Gasteiger partial charge in [0.25, 0.3) is 0 Å². The smallest absolute Gasteiger partial charge is 0.155 e. The number of anilines is 2. The van der Waals surface area contributed by atoms with Gasteiger partial charge in [-0.05, 0) is 30.2 Å². The number of nitrogens with two attached hydrogens (primary N) is 1. The molecule has 26 heavy (non-hydrogen) atoms. The average Bonchev–Trinajstić information content (AvgIpc) is 2.91. The van der Waals surface area contributed by atoms with Crippen LogP contribution < -0.4 is 15.5 Å². The van der Waals surface area contributed by atoms with Gasteiger partial charge in [0.05, 0.1) is 30.6 Å². The number of hydrogen-bond donors (Lipinski definition) is 1. The van der Waals surface area contributed by atoms with Crippen LogP contribution in [0.3, 0.4) is 0 Å². The number of fused-ring (bicyclic) bond motifs is 1. The molecule has 2 aromatic carbocycles. The van der Waals surface area contributed by atoms with Gasteiger partial charge < -0.3 is 14.5 Å². The minimum absolute atomic E-state index is 0.140. The van der Waals surface area contributed by atoms with E-state index < -0.39 is 0 Å². The number of aryl methyl sites for hydroxylation is 1. The minimum Gasteiger partial charge on any atom is -0.379 e. The molecule has 0 aliphatic carbocycles.